The summed E-state index contributed by atoms with van der Waals surface area (Å²) < 4.78 is 30.1. The molecule has 1 atom stereocenters. The van der Waals surface area contributed by atoms with E-state index in [1.54, 1.807) is 4.90 Å². The molecule has 4 rings (SSSR count). The monoisotopic (exact) mass is 459 g/mol. The summed E-state index contributed by atoms with van der Waals surface area (Å²) in [5, 5.41) is 10.3. The zero-order valence-corrected chi connectivity index (χ0v) is 17.9. The first kappa shape index (κ1) is 21.8. The fourth-order valence-electron chi connectivity index (χ4n) is 4.01. The highest BCUT2D eigenvalue weighted by Crippen LogP contribution is 2.42. The van der Waals surface area contributed by atoms with Crippen LogP contribution in [0.2, 0.25) is 5.02 Å². The van der Waals surface area contributed by atoms with E-state index in [0.717, 1.165) is 6.07 Å². The van der Waals surface area contributed by atoms with Gasteiger partial charge in [-0.05, 0) is 31.2 Å². The lowest BCUT2D eigenvalue weighted by molar-refractivity contribution is -0.126. The molecule has 1 aromatic heterocycles. The third kappa shape index (κ3) is 3.58. The number of nitrogens with two attached hydrogens (primary N) is 1. The normalized spacial score (nSPS) is 16.4. The number of halogens is 3. The zero-order chi connectivity index (χ0) is 23.2. The van der Waals surface area contributed by atoms with Gasteiger partial charge in [0, 0.05) is 36.6 Å². The number of aromatic nitrogens is 2. The summed E-state index contributed by atoms with van der Waals surface area (Å²) >= 11 is 6.37. The smallest absolute Gasteiger partial charge is 0.246 e. The van der Waals surface area contributed by atoms with Crippen molar-refractivity contribution in [2.45, 2.75) is 13.0 Å². The molecule has 166 valence electrons. The van der Waals surface area contributed by atoms with Gasteiger partial charge in [0.15, 0.2) is 5.82 Å². The summed E-state index contributed by atoms with van der Waals surface area (Å²) in [6, 6.07) is 4.91. The third-order valence-electron chi connectivity index (χ3n) is 5.51. The van der Waals surface area contributed by atoms with Gasteiger partial charge in [0.25, 0.3) is 0 Å². The Kier molecular flexibility index (Phi) is 5.60. The lowest BCUT2D eigenvalue weighted by Crippen LogP contribution is -2.53. The average Bonchev–Trinajstić information content (AvgIpc) is 2.75. The highest BCUT2D eigenvalue weighted by Gasteiger charge is 2.30. The van der Waals surface area contributed by atoms with Crippen LogP contribution in [0.4, 0.5) is 20.5 Å². The summed E-state index contributed by atoms with van der Waals surface area (Å²) in [7, 11) is 0. The topological polar surface area (TPSA) is 95.6 Å². The van der Waals surface area contributed by atoms with Crippen molar-refractivity contribution in [3.05, 3.63) is 53.6 Å². The number of nitrogens with zero attached hydrogens (tertiary/aromatic N) is 4. The van der Waals surface area contributed by atoms with Gasteiger partial charge < -0.3 is 20.6 Å². The Morgan fingerprint density at radius 3 is 2.72 bits per heavy atom. The third-order valence-corrected chi connectivity index (χ3v) is 5.81. The van der Waals surface area contributed by atoms with E-state index >= 15 is 4.39 Å². The predicted molar refractivity (Wildman–Crippen MR) is 120 cm³/mol. The maximum Gasteiger partial charge on any atom is 0.246 e. The Hall–Kier alpha value is -3.46. The van der Waals surface area contributed by atoms with Gasteiger partial charge >= 0.3 is 0 Å². The molecule has 7 nitrogen and oxygen atoms in total. The molecular formula is C22H20ClF2N5O2. The van der Waals surface area contributed by atoms with Crippen LogP contribution in [0.3, 0.4) is 0 Å². The number of carbonyl (C=O) groups is 1. The number of phenolic OH excluding ortho intramolecular Hbond substituents is 1. The molecule has 3 N–H and O–H groups in total. The SMILES string of the molecule is C=CC(=O)N1CCN(c2nc(N)nc3c(F)c(-c4c(O)cccc4F)c(Cl)cc23)[C@@H](C)C1. The molecular weight excluding hydrogens is 440 g/mol. The number of anilines is 2. The number of benzene rings is 2. The minimum absolute atomic E-state index is 0.113. The lowest BCUT2D eigenvalue weighted by atomic mass is 10.0. The van der Waals surface area contributed by atoms with Gasteiger partial charge in [0.1, 0.15) is 22.9 Å². The van der Waals surface area contributed by atoms with Crippen molar-refractivity contribution in [2.75, 3.05) is 30.3 Å². The van der Waals surface area contributed by atoms with E-state index in [1.807, 2.05) is 11.8 Å². The molecule has 1 aliphatic rings. The van der Waals surface area contributed by atoms with Crippen molar-refractivity contribution in [1.29, 1.82) is 0 Å². The van der Waals surface area contributed by atoms with Crippen molar-refractivity contribution in [3.63, 3.8) is 0 Å². The van der Waals surface area contributed by atoms with Crippen molar-refractivity contribution >= 4 is 40.2 Å². The number of phenols is 1. The standard InChI is InChI=1S/C22H20ClF2N5O2/c1-3-16(32)29-7-8-30(11(2)10-29)21-12-9-13(23)17(18-14(24)5-4-6-15(18)31)19(25)20(12)27-22(26)28-21/h3-6,9,11,31H,1,7-8,10H2,2H3,(H2,26,27,28)/t11-/m0/s1. The molecule has 32 heavy (non-hydrogen) atoms. The molecule has 2 heterocycles. The van der Waals surface area contributed by atoms with Gasteiger partial charge in [0.05, 0.1) is 10.6 Å². The van der Waals surface area contributed by atoms with E-state index in [2.05, 4.69) is 16.5 Å². The Labute approximate surface area is 187 Å². The van der Waals surface area contributed by atoms with Crippen molar-refractivity contribution in [1.82, 2.24) is 14.9 Å². The van der Waals surface area contributed by atoms with Crippen LogP contribution in [0, 0.1) is 11.6 Å². The number of carbonyl (C=O) groups excluding carboxylic acids is 1. The number of rotatable bonds is 3. The second-order valence-electron chi connectivity index (χ2n) is 7.51. The summed E-state index contributed by atoms with van der Waals surface area (Å²) in [4.78, 5) is 23.8. The molecule has 0 bridgehead atoms. The minimum Gasteiger partial charge on any atom is -0.507 e. The van der Waals surface area contributed by atoms with E-state index < -0.39 is 17.4 Å². The number of piperazine rings is 1. The van der Waals surface area contributed by atoms with E-state index in [9.17, 15) is 14.3 Å². The van der Waals surface area contributed by atoms with Gasteiger partial charge in [-0.15, -0.1) is 0 Å². The largest absolute Gasteiger partial charge is 0.507 e. The fourth-order valence-corrected chi connectivity index (χ4v) is 4.29. The Balaban J connectivity index is 1.87. The van der Waals surface area contributed by atoms with E-state index in [4.69, 9.17) is 17.3 Å². The summed E-state index contributed by atoms with van der Waals surface area (Å²) in [5.74, 6) is -2.19. The zero-order valence-electron chi connectivity index (χ0n) is 17.1. The molecule has 0 saturated carbocycles. The van der Waals surface area contributed by atoms with E-state index in [0.29, 0.717) is 25.5 Å². The van der Waals surface area contributed by atoms with Crippen LogP contribution in [-0.4, -0.2) is 51.6 Å². The molecule has 0 aliphatic carbocycles. The molecule has 0 unspecified atom stereocenters. The predicted octanol–water partition coefficient (Wildman–Crippen LogP) is 3.74. The quantitative estimate of drug-likeness (QED) is 0.579. The van der Waals surface area contributed by atoms with Gasteiger partial charge in [-0.3, -0.25) is 4.79 Å². The van der Waals surface area contributed by atoms with Gasteiger partial charge in [-0.2, -0.15) is 4.98 Å². The minimum atomic E-state index is -0.920. The highest BCUT2D eigenvalue weighted by molar-refractivity contribution is 6.34. The number of hydrogen-bond acceptors (Lipinski definition) is 6. The molecule has 2 aromatic carbocycles. The first-order valence-corrected chi connectivity index (χ1v) is 10.2. The van der Waals surface area contributed by atoms with Crippen LogP contribution in [0.15, 0.2) is 36.9 Å². The summed E-state index contributed by atoms with van der Waals surface area (Å²) in [6.45, 7) is 6.65. The Bertz CT molecular complexity index is 1230. The second-order valence-corrected chi connectivity index (χ2v) is 7.92. The van der Waals surface area contributed by atoms with Crippen LogP contribution in [-0.2, 0) is 4.79 Å². The maximum atomic E-state index is 15.6. The Morgan fingerprint density at radius 2 is 2.06 bits per heavy atom. The number of amides is 1. The van der Waals surface area contributed by atoms with Crippen molar-refractivity contribution in [3.8, 4) is 16.9 Å². The van der Waals surface area contributed by atoms with Crippen molar-refractivity contribution in [2.24, 2.45) is 0 Å². The second kappa shape index (κ2) is 8.23. The van der Waals surface area contributed by atoms with Gasteiger partial charge in [-0.25, -0.2) is 13.8 Å². The first-order chi connectivity index (χ1) is 15.2. The molecule has 0 spiro atoms. The van der Waals surface area contributed by atoms with Crippen LogP contribution in [0.1, 0.15) is 6.92 Å². The maximum absolute atomic E-state index is 15.6. The highest BCUT2D eigenvalue weighted by atomic mass is 35.5. The van der Waals surface area contributed by atoms with Gasteiger partial charge in [-0.1, -0.05) is 24.2 Å². The molecule has 1 aliphatic heterocycles. The lowest BCUT2D eigenvalue weighted by Gasteiger charge is -2.40. The Morgan fingerprint density at radius 1 is 1.31 bits per heavy atom. The van der Waals surface area contributed by atoms with Crippen LogP contribution >= 0.6 is 11.6 Å². The van der Waals surface area contributed by atoms with Crippen LogP contribution in [0.25, 0.3) is 22.0 Å². The first-order valence-electron chi connectivity index (χ1n) is 9.84. The molecule has 3 aromatic rings. The fraction of sp³-hybridized carbons (Fsp3) is 0.227. The molecule has 1 saturated heterocycles. The number of aromatic hydroxyl groups is 1. The van der Waals surface area contributed by atoms with E-state index in [-0.39, 0.29) is 44.9 Å². The molecule has 0 radical (unpaired) electrons. The van der Waals surface area contributed by atoms with Gasteiger partial charge in [0.2, 0.25) is 11.9 Å². The van der Waals surface area contributed by atoms with Crippen LogP contribution < -0.4 is 10.6 Å². The van der Waals surface area contributed by atoms with E-state index in [1.165, 1.54) is 24.3 Å². The average molecular weight is 460 g/mol. The summed E-state index contributed by atoms with van der Waals surface area (Å²) in [6.07, 6.45) is 1.26. The summed E-state index contributed by atoms with van der Waals surface area (Å²) in [5.41, 5.74) is 5.06. The van der Waals surface area contributed by atoms with Crippen molar-refractivity contribution < 1.29 is 18.7 Å². The van der Waals surface area contributed by atoms with Crippen LogP contribution in [0.5, 0.6) is 5.75 Å². The number of nitrogen functional groups attached to an aromatic ring is 1. The number of hydrogen-bond donors (Lipinski definition) is 2. The molecule has 1 amide bonds. The molecule has 10 heteroatoms. The molecule has 1 fully saturated rings. The number of fused-ring (bicyclic) bond motifs is 1.